The standard InChI is InChI=1S/C11H23N3O/c1-4-11(5-2,9-15)8-13-10-12-6-7-14(10)3/h15H,4-9H2,1-3H3,(H,12,13). The van der Waals surface area contributed by atoms with E-state index >= 15 is 0 Å². The van der Waals surface area contributed by atoms with Crippen molar-refractivity contribution in [2.75, 3.05) is 33.3 Å². The molecule has 0 bridgehead atoms. The van der Waals surface area contributed by atoms with E-state index in [4.69, 9.17) is 0 Å². The van der Waals surface area contributed by atoms with Gasteiger partial charge in [-0.05, 0) is 12.8 Å². The minimum absolute atomic E-state index is 0.00590. The summed E-state index contributed by atoms with van der Waals surface area (Å²) in [4.78, 5) is 6.49. The molecule has 4 heteroatoms. The summed E-state index contributed by atoms with van der Waals surface area (Å²) in [6, 6.07) is 0. The zero-order chi connectivity index (χ0) is 11.3. The Kier molecular flexibility index (Phi) is 4.39. The number of nitrogens with zero attached hydrogens (tertiary/aromatic N) is 2. The predicted molar refractivity (Wildman–Crippen MR) is 63.0 cm³/mol. The molecule has 0 saturated heterocycles. The second-order valence-electron chi connectivity index (χ2n) is 4.35. The first-order chi connectivity index (χ1) is 7.17. The fourth-order valence-corrected chi connectivity index (χ4v) is 1.77. The second-order valence-corrected chi connectivity index (χ2v) is 4.35. The fraction of sp³-hybridized carbons (Fsp3) is 0.909. The second kappa shape index (κ2) is 5.35. The number of likely N-dealkylation sites (N-methyl/N-ethyl adjacent to an activating group) is 1. The lowest BCUT2D eigenvalue weighted by Gasteiger charge is -2.30. The summed E-state index contributed by atoms with van der Waals surface area (Å²) in [7, 11) is 2.04. The lowest BCUT2D eigenvalue weighted by atomic mass is 9.83. The highest BCUT2D eigenvalue weighted by atomic mass is 16.3. The lowest BCUT2D eigenvalue weighted by molar-refractivity contribution is 0.117. The number of rotatable bonds is 5. The molecule has 0 aliphatic carbocycles. The van der Waals surface area contributed by atoms with Crippen molar-refractivity contribution in [2.24, 2.45) is 10.4 Å². The van der Waals surface area contributed by atoms with E-state index in [1.165, 1.54) is 0 Å². The van der Waals surface area contributed by atoms with E-state index in [2.05, 4.69) is 29.1 Å². The smallest absolute Gasteiger partial charge is 0.193 e. The maximum Gasteiger partial charge on any atom is 0.193 e. The van der Waals surface area contributed by atoms with Crippen LogP contribution in [0.25, 0.3) is 0 Å². The van der Waals surface area contributed by atoms with Gasteiger partial charge in [0.25, 0.3) is 0 Å². The van der Waals surface area contributed by atoms with Crippen molar-refractivity contribution in [3.63, 3.8) is 0 Å². The van der Waals surface area contributed by atoms with Gasteiger partial charge in [0.05, 0.1) is 13.2 Å². The van der Waals surface area contributed by atoms with E-state index in [9.17, 15) is 5.11 Å². The monoisotopic (exact) mass is 213 g/mol. The van der Waals surface area contributed by atoms with Crippen LogP contribution in [0.5, 0.6) is 0 Å². The number of hydrogen-bond acceptors (Lipinski definition) is 4. The van der Waals surface area contributed by atoms with Crippen molar-refractivity contribution in [1.29, 1.82) is 0 Å². The van der Waals surface area contributed by atoms with Gasteiger partial charge in [-0.25, -0.2) is 0 Å². The molecule has 1 aliphatic heterocycles. The van der Waals surface area contributed by atoms with Crippen molar-refractivity contribution < 1.29 is 5.11 Å². The highest BCUT2D eigenvalue weighted by Gasteiger charge is 2.26. The molecule has 0 aromatic heterocycles. The molecule has 1 aliphatic rings. The summed E-state index contributed by atoms with van der Waals surface area (Å²) in [6.45, 7) is 7.17. The van der Waals surface area contributed by atoms with Gasteiger partial charge in [0.15, 0.2) is 5.96 Å². The Balaban J connectivity index is 2.46. The van der Waals surface area contributed by atoms with Crippen LogP contribution in [-0.4, -0.2) is 49.3 Å². The Morgan fingerprint density at radius 1 is 1.47 bits per heavy atom. The highest BCUT2D eigenvalue weighted by molar-refractivity contribution is 5.81. The Labute approximate surface area is 92.4 Å². The average molecular weight is 213 g/mol. The van der Waals surface area contributed by atoms with E-state index in [0.29, 0.717) is 0 Å². The predicted octanol–water partition coefficient (Wildman–Crippen LogP) is 0.676. The van der Waals surface area contributed by atoms with Crippen LogP contribution in [0.3, 0.4) is 0 Å². The van der Waals surface area contributed by atoms with Gasteiger partial charge in [-0.1, -0.05) is 13.8 Å². The third-order valence-corrected chi connectivity index (χ3v) is 3.52. The van der Waals surface area contributed by atoms with Crippen LogP contribution < -0.4 is 5.32 Å². The fourth-order valence-electron chi connectivity index (χ4n) is 1.77. The molecule has 0 spiro atoms. The summed E-state index contributed by atoms with van der Waals surface area (Å²) < 4.78 is 0. The zero-order valence-electron chi connectivity index (χ0n) is 10.1. The Hall–Kier alpha value is -0.770. The van der Waals surface area contributed by atoms with Crippen LogP contribution in [0.2, 0.25) is 0 Å². The molecule has 0 amide bonds. The van der Waals surface area contributed by atoms with Gasteiger partial charge in [-0.3, -0.25) is 4.99 Å². The van der Waals surface area contributed by atoms with Gasteiger partial charge in [0.2, 0.25) is 0 Å². The lowest BCUT2D eigenvalue weighted by Crippen LogP contribution is -2.43. The molecule has 0 saturated carbocycles. The Bertz CT molecular complexity index is 216. The number of aliphatic hydroxyl groups excluding tert-OH is 1. The quantitative estimate of drug-likeness (QED) is 0.706. The van der Waals surface area contributed by atoms with Crippen molar-refractivity contribution in [1.82, 2.24) is 10.2 Å². The summed E-state index contributed by atoms with van der Waals surface area (Å²) >= 11 is 0. The molecule has 88 valence electrons. The first-order valence-corrected chi connectivity index (χ1v) is 5.78. The van der Waals surface area contributed by atoms with E-state index in [-0.39, 0.29) is 12.0 Å². The SMILES string of the molecule is CCC(CC)(CO)CNC1=NCCN1C. The average Bonchev–Trinajstić information content (AvgIpc) is 2.67. The summed E-state index contributed by atoms with van der Waals surface area (Å²) in [5.74, 6) is 0.967. The topological polar surface area (TPSA) is 47.9 Å². The third kappa shape index (κ3) is 2.84. The van der Waals surface area contributed by atoms with E-state index in [1.54, 1.807) is 0 Å². The van der Waals surface area contributed by atoms with Gasteiger partial charge in [-0.2, -0.15) is 0 Å². The molecular weight excluding hydrogens is 190 g/mol. The molecule has 0 unspecified atom stereocenters. The molecule has 0 atom stereocenters. The van der Waals surface area contributed by atoms with Crippen molar-refractivity contribution in [3.05, 3.63) is 0 Å². The van der Waals surface area contributed by atoms with E-state index in [1.807, 2.05) is 7.05 Å². The molecule has 15 heavy (non-hydrogen) atoms. The molecule has 0 aromatic carbocycles. The van der Waals surface area contributed by atoms with Crippen molar-refractivity contribution in [2.45, 2.75) is 26.7 Å². The minimum Gasteiger partial charge on any atom is -0.396 e. The molecule has 0 fully saturated rings. The molecule has 0 aromatic rings. The van der Waals surface area contributed by atoms with Crippen molar-refractivity contribution >= 4 is 5.96 Å². The molecule has 2 N–H and O–H groups in total. The first kappa shape index (κ1) is 12.3. The Morgan fingerprint density at radius 3 is 2.53 bits per heavy atom. The number of aliphatic imine (C=N–C) groups is 1. The van der Waals surface area contributed by atoms with Crippen LogP contribution in [0, 0.1) is 5.41 Å². The van der Waals surface area contributed by atoms with Crippen LogP contribution >= 0.6 is 0 Å². The van der Waals surface area contributed by atoms with Crippen LogP contribution in [-0.2, 0) is 0 Å². The Morgan fingerprint density at radius 2 is 2.13 bits per heavy atom. The maximum atomic E-state index is 9.42. The normalized spacial score (nSPS) is 16.8. The van der Waals surface area contributed by atoms with Gasteiger partial charge in [0, 0.05) is 25.6 Å². The summed E-state index contributed by atoms with van der Waals surface area (Å²) in [6.07, 6.45) is 1.98. The van der Waals surface area contributed by atoms with Gasteiger partial charge < -0.3 is 15.3 Å². The number of guanidine groups is 1. The number of aliphatic hydroxyl groups is 1. The maximum absolute atomic E-state index is 9.42. The number of hydrogen-bond donors (Lipinski definition) is 2. The minimum atomic E-state index is 0.00590. The van der Waals surface area contributed by atoms with Gasteiger partial charge in [-0.15, -0.1) is 0 Å². The largest absolute Gasteiger partial charge is 0.396 e. The van der Waals surface area contributed by atoms with Crippen LogP contribution in [0.1, 0.15) is 26.7 Å². The highest BCUT2D eigenvalue weighted by Crippen LogP contribution is 2.24. The van der Waals surface area contributed by atoms with Crippen LogP contribution in [0.4, 0.5) is 0 Å². The first-order valence-electron chi connectivity index (χ1n) is 5.78. The van der Waals surface area contributed by atoms with Gasteiger partial charge in [0.1, 0.15) is 0 Å². The van der Waals surface area contributed by atoms with Gasteiger partial charge >= 0.3 is 0 Å². The van der Waals surface area contributed by atoms with E-state index < -0.39 is 0 Å². The summed E-state index contributed by atoms with van der Waals surface area (Å²) in [5.41, 5.74) is 0.00590. The van der Waals surface area contributed by atoms with Crippen molar-refractivity contribution in [3.8, 4) is 0 Å². The molecule has 4 nitrogen and oxygen atoms in total. The van der Waals surface area contributed by atoms with Crippen LogP contribution in [0.15, 0.2) is 4.99 Å². The molecule has 1 rings (SSSR count). The third-order valence-electron chi connectivity index (χ3n) is 3.52. The summed E-state index contributed by atoms with van der Waals surface area (Å²) in [5, 5.41) is 12.8. The molecular formula is C11H23N3O. The molecule has 1 heterocycles. The zero-order valence-corrected chi connectivity index (χ0v) is 10.1. The number of nitrogens with one attached hydrogen (secondary N) is 1. The molecule has 0 radical (unpaired) electrons. The van der Waals surface area contributed by atoms with E-state index in [0.717, 1.165) is 38.4 Å².